The molecule has 0 radical (unpaired) electrons. The van der Waals surface area contributed by atoms with Crippen LogP contribution in [0.15, 0.2) is 83.0 Å². The van der Waals surface area contributed by atoms with Crippen LogP contribution in [0, 0.1) is 0 Å². The fourth-order valence-electron chi connectivity index (χ4n) is 2.09. The molecule has 0 spiro atoms. The van der Waals surface area contributed by atoms with Crippen molar-refractivity contribution >= 4 is 29.1 Å². The molecule has 3 rings (SSSR count). The van der Waals surface area contributed by atoms with Gasteiger partial charge in [-0.25, -0.2) is 9.78 Å². The molecule has 7 nitrogen and oxygen atoms in total. The van der Waals surface area contributed by atoms with E-state index in [0.717, 1.165) is 5.56 Å². The third-order valence-corrected chi connectivity index (χ3v) is 3.37. The Morgan fingerprint density at radius 2 is 1.65 bits per heavy atom. The van der Waals surface area contributed by atoms with Crippen LogP contribution in [0.1, 0.15) is 5.56 Å². The van der Waals surface area contributed by atoms with Crippen molar-refractivity contribution in [3.05, 3.63) is 78.4 Å². The Hall–Kier alpha value is -3.74. The highest BCUT2D eigenvalue weighted by molar-refractivity contribution is 5.84. The number of nitrogen functional groups attached to an aromatic ring is 1. The van der Waals surface area contributed by atoms with Gasteiger partial charge in [0, 0.05) is 0 Å². The summed E-state index contributed by atoms with van der Waals surface area (Å²) >= 11 is 0. The second kappa shape index (κ2) is 8.39. The number of anilines is 2. The number of nitrogens with zero attached hydrogens (tertiary/aromatic N) is 3. The summed E-state index contributed by atoms with van der Waals surface area (Å²) in [5.74, 6) is 0.435. The molecule has 1 heterocycles. The van der Waals surface area contributed by atoms with Crippen LogP contribution in [-0.4, -0.2) is 11.1 Å². The number of pyridine rings is 1. The summed E-state index contributed by atoms with van der Waals surface area (Å²) in [7, 11) is 0. The van der Waals surface area contributed by atoms with Crippen molar-refractivity contribution in [1.29, 1.82) is 0 Å². The monoisotopic (exact) mass is 347 g/mol. The van der Waals surface area contributed by atoms with Gasteiger partial charge in [0.1, 0.15) is 18.1 Å². The standard InChI is InChI=1S/C19H17N5O2/c20-18-16(24-23-15-9-5-2-6-10-15)11-12-17(21-18)22-19(25)26-13-14-7-3-1-4-8-14/h1-12H,13H2,(H3,20,21,22,25)/b24-23+. The van der Waals surface area contributed by atoms with E-state index in [2.05, 4.69) is 20.5 Å². The van der Waals surface area contributed by atoms with E-state index in [1.165, 1.54) is 0 Å². The molecule has 130 valence electrons. The first-order chi connectivity index (χ1) is 12.7. The average molecular weight is 347 g/mol. The topological polar surface area (TPSA) is 102 Å². The first-order valence-corrected chi connectivity index (χ1v) is 7.92. The van der Waals surface area contributed by atoms with Crippen LogP contribution < -0.4 is 11.1 Å². The number of benzene rings is 2. The van der Waals surface area contributed by atoms with E-state index in [9.17, 15) is 4.79 Å². The maximum Gasteiger partial charge on any atom is 0.413 e. The van der Waals surface area contributed by atoms with Gasteiger partial charge in [0.15, 0.2) is 5.82 Å². The number of hydrogen-bond acceptors (Lipinski definition) is 6. The van der Waals surface area contributed by atoms with Gasteiger partial charge in [0.05, 0.1) is 5.69 Å². The van der Waals surface area contributed by atoms with E-state index < -0.39 is 6.09 Å². The fraction of sp³-hybridized carbons (Fsp3) is 0.0526. The Bertz CT molecular complexity index is 898. The summed E-state index contributed by atoms with van der Waals surface area (Å²) in [5, 5.41) is 10.7. The first-order valence-electron chi connectivity index (χ1n) is 7.92. The normalized spacial score (nSPS) is 10.6. The van der Waals surface area contributed by atoms with Crippen LogP contribution in [0.2, 0.25) is 0 Å². The number of amides is 1. The zero-order valence-electron chi connectivity index (χ0n) is 13.9. The lowest BCUT2D eigenvalue weighted by Crippen LogP contribution is -2.14. The molecule has 0 bridgehead atoms. The Labute approximate surface area is 150 Å². The number of carbonyl (C=O) groups excluding carboxylic acids is 1. The molecule has 26 heavy (non-hydrogen) atoms. The van der Waals surface area contributed by atoms with E-state index in [-0.39, 0.29) is 18.2 Å². The van der Waals surface area contributed by atoms with Crippen LogP contribution in [0.3, 0.4) is 0 Å². The Morgan fingerprint density at radius 3 is 2.35 bits per heavy atom. The van der Waals surface area contributed by atoms with E-state index in [1.807, 2.05) is 60.7 Å². The number of carbonyl (C=O) groups is 1. The third-order valence-electron chi connectivity index (χ3n) is 3.37. The lowest BCUT2D eigenvalue weighted by molar-refractivity contribution is 0.155. The van der Waals surface area contributed by atoms with Crippen molar-refractivity contribution in [2.24, 2.45) is 10.2 Å². The molecule has 0 saturated carbocycles. The molecule has 1 aromatic heterocycles. The van der Waals surface area contributed by atoms with Crippen molar-refractivity contribution in [1.82, 2.24) is 4.98 Å². The number of nitrogens with one attached hydrogen (secondary N) is 1. The maximum absolute atomic E-state index is 11.8. The zero-order valence-corrected chi connectivity index (χ0v) is 13.9. The highest BCUT2D eigenvalue weighted by atomic mass is 16.5. The predicted octanol–water partition coefficient (Wildman–Crippen LogP) is 4.83. The van der Waals surface area contributed by atoms with Crippen LogP contribution in [0.25, 0.3) is 0 Å². The van der Waals surface area contributed by atoms with E-state index in [4.69, 9.17) is 10.5 Å². The smallest absolute Gasteiger partial charge is 0.413 e. The lowest BCUT2D eigenvalue weighted by Gasteiger charge is -2.07. The Balaban J connectivity index is 1.58. The van der Waals surface area contributed by atoms with Crippen molar-refractivity contribution < 1.29 is 9.53 Å². The molecule has 0 aliphatic heterocycles. The number of rotatable bonds is 5. The summed E-state index contributed by atoms with van der Waals surface area (Å²) in [6, 6.07) is 21.9. The molecule has 0 fully saturated rings. The Morgan fingerprint density at radius 1 is 0.962 bits per heavy atom. The SMILES string of the molecule is Nc1nc(NC(=O)OCc2ccccc2)ccc1/N=N/c1ccccc1. The highest BCUT2D eigenvalue weighted by Crippen LogP contribution is 2.24. The van der Waals surface area contributed by atoms with Crippen LogP contribution in [0.4, 0.5) is 27.8 Å². The van der Waals surface area contributed by atoms with Gasteiger partial charge in [0.25, 0.3) is 0 Å². The van der Waals surface area contributed by atoms with Gasteiger partial charge < -0.3 is 10.5 Å². The molecule has 1 amide bonds. The molecule has 0 atom stereocenters. The minimum atomic E-state index is -0.612. The molecule has 2 aromatic carbocycles. The summed E-state index contributed by atoms with van der Waals surface area (Å²) in [4.78, 5) is 15.9. The second-order valence-electron chi connectivity index (χ2n) is 5.32. The van der Waals surface area contributed by atoms with Gasteiger partial charge in [-0.3, -0.25) is 5.32 Å². The predicted molar refractivity (Wildman–Crippen MR) is 99.5 cm³/mol. The minimum absolute atomic E-state index is 0.158. The van der Waals surface area contributed by atoms with Crippen LogP contribution in [0.5, 0.6) is 0 Å². The van der Waals surface area contributed by atoms with Crippen molar-refractivity contribution in [2.75, 3.05) is 11.1 Å². The van der Waals surface area contributed by atoms with E-state index >= 15 is 0 Å². The third kappa shape index (κ3) is 4.88. The minimum Gasteiger partial charge on any atom is -0.444 e. The number of azo groups is 1. The maximum atomic E-state index is 11.8. The van der Waals surface area contributed by atoms with E-state index in [1.54, 1.807) is 12.1 Å². The van der Waals surface area contributed by atoms with Crippen molar-refractivity contribution in [2.45, 2.75) is 6.61 Å². The number of ether oxygens (including phenoxy) is 1. The van der Waals surface area contributed by atoms with Gasteiger partial charge >= 0.3 is 6.09 Å². The van der Waals surface area contributed by atoms with Crippen LogP contribution in [-0.2, 0) is 11.3 Å². The summed E-state index contributed by atoms with van der Waals surface area (Å²) < 4.78 is 5.13. The zero-order chi connectivity index (χ0) is 18.2. The summed E-state index contributed by atoms with van der Waals surface area (Å²) in [5.41, 5.74) is 7.89. The summed E-state index contributed by atoms with van der Waals surface area (Å²) in [6.07, 6.45) is -0.612. The molecule has 0 unspecified atom stereocenters. The fourth-order valence-corrected chi connectivity index (χ4v) is 2.09. The van der Waals surface area contributed by atoms with Gasteiger partial charge in [-0.2, -0.15) is 5.11 Å². The molecule has 3 N–H and O–H groups in total. The number of nitrogens with two attached hydrogens (primary N) is 1. The highest BCUT2D eigenvalue weighted by Gasteiger charge is 2.07. The Kier molecular flexibility index (Phi) is 5.51. The van der Waals surface area contributed by atoms with Crippen LogP contribution >= 0.6 is 0 Å². The average Bonchev–Trinajstić information content (AvgIpc) is 2.67. The largest absolute Gasteiger partial charge is 0.444 e. The number of hydrogen-bond donors (Lipinski definition) is 2. The first kappa shape index (κ1) is 17.1. The van der Waals surface area contributed by atoms with Gasteiger partial charge in [-0.05, 0) is 29.8 Å². The molecule has 0 aliphatic carbocycles. The molecule has 3 aromatic rings. The van der Waals surface area contributed by atoms with Gasteiger partial charge in [-0.1, -0.05) is 48.5 Å². The van der Waals surface area contributed by atoms with Crippen molar-refractivity contribution in [3.8, 4) is 0 Å². The van der Waals surface area contributed by atoms with Gasteiger partial charge in [0.2, 0.25) is 0 Å². The lowest BCUT2D eigenvalue weighted by atomic mass is 10.2. The quantitative estimate of drug-likeness (QED) is 0.645. The van der Waals surface area contributed by atoms with Crippen molar-refractivity contribution in [3.63, 3.8) is 0 Å². The molecule has 7 heteroatoms. The second-order valence-corrected chi connectivity index (χ2v) is 5.32. The molecular formula is C19H17N5O2. The number of aromatic nitrogens is 1. The molecular weight excluding hydrogens is 330 g/mol. The van der Waals surface area contributed by atoms with Gasteiger partial charge in [-0.15, -0.1) is 5.11 Å². The molecule has 0 saturated heterocycles. The van der Waals surface area contributed by atoms with E-state index in [0.29, 0.717) is 11.4 Å². The summed E-state index contributed by atoms with van der Waals surface area (Å²) in [6.45, 7) is 0.172. The molecule has 0 aliphatic rings.